The standard InChI is InChI=1S/C11H16N6O2/c1-6-4-13-11(19-6)7(2)16-9-8(18-3)10(17-12)15-5-14-9/h4-5,7H,12H2,1-3H3,(H2,14,15,16,17). The Balaban J connectivity index is 2.23. The maximum atomic E-state index is 5.45. The fourth-order valence-corrected chi connectivity index (χ4v) is 1.61. The molecule has 102 valence electrons. The number of oxazole rings is 1. The first-order valence-electron chi connectivity index (χ1n) is 5.70. The third-order valence-corrected chi connectivity index (χ3v) is 2.51. The molecule has 8 nitrogen and oxygen atoms in total. The van der Waals surface area contributed by atoms with Crippen LogP contribution in [0.25, 0.3) is 0 Å². The molecule has 0 aliphatic rings. The van der Waals surface area contributed by atoms with Crippen LogP contribution in [0.4, 0.5) is 11.6 Å². The molecule has 0 amide bonds. The van der Waals surface area contributed by atoms with Gasteiger partial charge >= 0.3 is 0 Å². The Hall–Kier alpha value is -2.35. The van der Waals surface area contributed by atoms with Crippen LogP contribution in [0.3, 0.4) is 0 Å². The molecule has 4 N–H and O–H groups in total. The minimum absolute atomic E-state index is 0.164. The van der Waals surface area contributed by atoms with E-state index in [0.29, 0.717) is 23.3 Å². The maximum absolute atomic E-state index is 5.45. The minimum atomic E-state index is -0.164. The monoisotopic (exact) mass is 264 g/mol. The molecule has 0 saturated carbocycles. The lowest BCUT2D eigenvalue weighted by Crippen LogP contribution is -2.14. The Morgan fingerprint density at radius 3 is 2.63 bits per heavy atom. The van der Waals surface area contributed by atoms with Crippen molar-refractivity contribution in [3.05, 3.63) is 24.2 Å². The van der Waals surface area contributed by atoms with E-state index in [1.165, 1.54) is 13.4 Å². The maximum Gasteiger partial charge on any atom is 0.216 e. The quantitative estimate of drug-likeness (QED) is 0.546. The lowest BCUT2D eigenvalue weighted by molar-refractivity contribution is 0.412. The molecule has 0 aliphatic carbocycles. The van der Waals surface area contributed by atoms with Gasteiger partial charge in [0.25, 0.3) is 0 Å². The molecule has 0 radical (unpaired) electrons. The van der Waals surface area contributed by atoms with Crippen LogP contribution in [0, 0.1) is 6.92 Å². The van der Waals surface area contributed by atoms with Gasteiger partial charge in [-0.2, -0.15) is 0 Å². The average molecular weight is 264 g/mol. The summed E-state index contributed by atoms with van der Waals surface area (Å²) in [7, 11) is 1.52. The van der Waals surface area contributed by atoms with Crippen molar-refractivity contribution >= 4 is 11.6 Å². The van der Waals surface area contributed by atoms with Crippen molar-refractivity contribution in [2.75, 3.05) is 17.9 Å². The van der Waals surface area contributed by atoms with E-state index in [9.17, 15) is 0 Å². The largest absolute Gasteiger partial charge is 0.490 e. The molecule has 8 heteroatoms. The van der Waals surface area contributed by atoms with Gasteiger partial charge in [0.1, 0.15) is 18.1 Å². The molecular weight excluding hydrogens is 248 g/mol. The highest BCUT2D eigenvalue weighted by molar-refractivity contribution is 5.63. The summed E-state index contributed by atoms with van der Waals surface area (Å²) < 4.78 is 10.7. The van der Waals surface area contributed by atoms with Crippen molar-refractivity contribution < 1.29 is 9.15 Å². The van der Waals surface area contributed by atoms with Gasteiger partial charge in [-0.05, 0) is 13.8 Å². The van der Waals surface area contributed by atoms with Gasteiger partial charge in [-0.1, -0.05) is 0 Å². The second kappa shape index (κ2) is 5.53. The van der Waals surface area contributed by atoms with Crippen molar-refractivity contribution in [2.24, 2.45) is 5.84 Å². The molecule has 1 atom stereocenters. The number of nitrogens with two attached hydrogens (primary N) is 1. The number of aryl methyl sites for hydroxylation is 1. The second-order valence-electron chi connectivity index (χ2n) is 3.92. The summed E-state index contributed by atoms with van der Waals surface area (Å²) in [4.78, 5) is 12.2. The van der Waals surface area contributed by atoms with E-state index in [0.717, 1.165) is 5.76 Å². The highest BCUT2D eigenvalue weighted by Gasteiger charge is 2.17. The van der Waals surface area contributed by atoms with Crippen LogP contribution >= 0.6 is 0 Å². The summed E-state index contributed by atoms with van der Waals surface area (Å²) >= 11 is 0. The van der Waals surface area contributed by atoms with E-state index >= 15 is 0 Å². The number of hydrogen-bond acceptors (Lipinski definition) is 8. The first kappa shape index (κ1) is 13.1. The first-order valence-corrected chi connectivity index (χ1v) is 5.70. The number of anilines is 2. The van der Waals surface area contributed by atoms with E-state index in [2.05, 4.69) is 25.7 Å². The van der Waals surface area contributed by atoms with Crippen molar-refractivity contribution in [1.82, 2.24) is 15.0 Å². The molecule has 0 fully saturated rings. The van der Waals surface area contributed by atoms with E-state index in [4.69, 9.17) is 15.0 Å². The fourth-order valence-electron chi connectivity index (χ4n) is 1.61. The average Bonchev–Trinajstić information content (AvgIpc) is 2.85. The SMILES string of the molecule is COc1c(NN)ncnc1NC(C)c1ncc(C)o1. The third kappa shape index (κ3) is 2.74. The Morgan fingerprint density at radius 2 is 2.05 bits per heavy atom. The van der Waals surface area contributed by atoms with Gasteiger partial charge in [-0.15, -0.1) is 0 Å². The molecule has 0 bridgehead atoms. The van der Waals surface area contributed by atoms with Gasteiger partial charge in [0.15, 0.2) is 11.6 Å². The summed E-state index contributed by atoms with van der Waals surface area (Å²) in [5.41, 5.74) is 2.45. The van der Waals surface area contributed by atoms with E-state index in [1.54, 1.807) is 6.20 Å². The highest BCUT2D eigenvalue weighted by atomic mass is 16.5. The van der Waals surface area contributed by atoms with Crippen molar-refractivity contribution in [2.45, 2.75) is 19.9 Å². The minimum Gasteiger partial charge on any atom is -0.490 e. The number of methoxy groups -OCH3 is 1. The summed E-state index contributed by atoms with van der Waals surface area (Å²) in [6.07, 6.45) is 3.05. The third-order valence-electron chi connectivity index (χ3n) is 2.51. The molecule has 0 aliphatic heterocycles. The van der Waals surface area contributed by atoms with Gasteiger partial charge < -0.3 is 19.9 Å². The number of nitrogen functional groups attached to an aromatic ring is 1. The molecule has 19 heavy (non-hydrogen) atoms. The van der Waals surface area contributed by atoms with E-state index < -0.39 is 0 Å². The summed E-state index contributed by atoms with van der Waals surface area (Å²) in [5, 5.41) is 3.14. The lowest BCUT2D eigenvalue weighted by atomic mass is 10.3. The van der Waals surface area contributed by atoms with Crippen LogP contribution in [-0.4, -0.2) is 22.1 Å². The Morgan fingerprint density at radius 1 is 1.32 bits per heavy atom. The van der Waals surface area contributed by atoms with E-state index in [1.807, 2.05) is 13.8 Å². The zero-order valence-electron chi connectivity index (χ0n) is 11.0. The van der Waals surface area contributed by atoms with Crippen LogP contribution in [0.2, 0.25) is 0 Å². The molecule has 0 spiro atoms. The number of rotatable bonds is 5. The fraction of sp³-hybridized carbons (Fsp3) is 0.364. The lowest BCUT2D eigenvalue weighted by Gasteiger charge is -2.15. The van der Waals surface area contributed by atoms with Crippen LogP contribution in [0.1, 0.15) is 24.6 Å². The van der Waals surface area contributed by atoms with Gasteiger partial charge in [0, 0.05) is 0 Å². The van der Waals surface area contributed by atoms with Gasteiger partial charge in [-0.25, -0.2) is 20.8 Å². The molecule has 1 unspecified atom stereocenters. The van der Waals surface area contributed by atoms with Crippen LogP contribution in [0.15, 0.2) is 16.9 Å². The molecular formula is C11H16N6O2. The second-order valence-corrected chi connectivity index (χ2v) is 3.92. The number of hydrogen-bond donors (Lipinski definition) is 3. The first-order chi connectivity index (χ1) is 9.15. The van der Waals surface area contributed by atoms with Crippen molar-refractivity contribution in [3.63, 3.8) is 0 Å². The van der Waals surface area contributed by atoms with Gasteiger partial charge in [0.2, 0.25) is 11.6 Å². The Labute approximate surface area is 110 Å². The zero-order valence-corrected chi connectivity index (χ0v) is 11.0. The zero-order chi connectivity index (χ0) is 13.8. The van der Waals surface area contributed by atoms with Gasteiger partial charge in [0.05, 0.1) is 13.3 Å². The summed E-state index contributed by atoms with van der Waals surface area (Å²) in [6.45, 7) is 3.74. The Bertz CT molecular complexity index is 556. The van der Waals surface area contributed by atoms with Gasteiger partial charge in [-0.3, -0.25) is 0 Å². The van der Waals surface area contributed by atoms with Crippen LogP contribution < -0.4 is 21.3 Å². The number of aromatic nitrogens is 3. The number of ether oxygens (including phenoxy) is 1. The molecule has 0 aromatic carbocycles. The summed E-state index contributed by atoms with van der Waals surface area (Å²) in [5.74, 6) is 8.02. The Kier molecular flexibility index (Phi) is 3.81. The molecule has 2 aromatic heterocycles. The number of hydrazine groups is 1. The predicted molar refractivity (Wildman–Crippen MR) is 69.7 cm³/mol. The van der Waals surface area contributed by atoms with Crippen molar-refractivity contribution in [1.29, 1.82) is 0 Å². The van der Waals surface area contributed by atoms with Crippen molar-refractivity contribution in [3.8, 4) is 5.75 Å². The topological polar surface area (TPSA) is 111 Å². The number of nitrogens with zero attached hydrogens (tertiary/aromatic N) is 3. The normalized spacial score (nSPS) is 12.0. The molecule has 2 rings (SSSR count). The molecule has 2 aromatic rings. The smallest absolute Gasteiger partial charge is 0.216 e. The predicted octanol–water partition coefficient (Wildman–Crippen LogP) is 1.24. The van der Waals surface area contributed by atoms with E-state index in [-0.39, 0.29) is 6.04 Å². The van der Waals surface area contributed by atoms with Crippen LogP contribution in [-0.2, 0) is 0 Å². The molecule has 0 saturated heterocycles. The molecule has 2 heterocycles. The highest BCUT2D eigenvalue weighted by Crippen LogP contribution is 2.30. The van der Waals surface area contributed by atoms with Crippen LogP contribution in [0.5, 0.6) is 5.75 Å². The summed E-state index contributed by atoms with van der Waals surface area (Å²) in [6, 6.07) is -0.164. The number of nitrogens with one attached hydrogen (secondary N) is 2.